The Morgan fingerprint density at radius 1 is 1.02 bits per heavy atom. The Hall–Kier alpha value is -3.04. The molecule has 0 aliphatic carbocycles. The summed E-state index contributed by atoms with van der Waals surface area (Å²) in [5.41, 5.74) is 2.43. The van der Waals surface area contributed by atoms with Gasteiger partial charge in [-0.3, -0.25) is 14.4 Å². The molecule has 0 radical (unpaired) electrons. The average molecular weight is 565 g/mol. The zero-order chi connectivity index (χ0) is 28.6. The summed E-state index contributed by atoms with van der Waals surface area (Å²) in [7, 11) is 0. The van der Waals surface area contributed by atoms with Gasteiger partial charge in [0.25, 0.3) is 0 Å². The van der Waals surface area contributed by atoms with E-state index in [0.29, 0.717) is 17.8 Å². The minimum Gasteiger partial charge on any atom is -0.394 e. The minimum atomic E-state index is -0.781. The van der Waals surface area contributed by atoms with Gasteiger partial charge < -0.3 is 25.5 Å². The smallest absolute Gasteiger partial charge is 0.248 e. The zero-order valence-electron chi connectivity index (χ0n) is 23.7. The number of aliphatic hydroxyl groups excluding tert-OH is 1. The fourth-order valence-corrected chi connectivity index (χ4v) is 9.18. The third-order valence-electron chi connectivity index (χ3n) is 8.91. The summed E-state index contributed by atoms with van der Waals surface area (Å²) in [4.78, 5) is 45.8. The zero-order valence-corrected chi connectivity index (χ0v) is 24.5. The van der Waals surface area contributed by atoms with Gasteiger partial charge in [0.05, 0.1) is 29.2 Å². The van der Waals surface area contributed by atoms with Gasteiger partial charge in [-0.15, -0.1) is 11.8 Å². The molecule has 1 spiro atoms. The Bertz CT molecular complexity index is 1240. The number of para-hydroxylation sites is 1. The predicted molar refractivity (Wildman–Crippen MR) is 160 cm³/mol. The maximum atomic E-state index is 14.2. The lowest BCUT2D eigenvalue weighted by Gasteiger charge is -2.38. The quantitative estimate of drug-likeness (QED) is 0.400. The highest BCUT2D eigenvalue weighted by Crippen LogP contribution is 2.66. The summed E-state index contributed by atoms with van der Waals surface area (Å²) in [6.07, 6.45) is 1.45. The second-order valence-corrected chi connectivity index (χ2v) is 13.0. The molecule has 3 saturated heterocycles. The van der Waals surface area contributed by atoms with Crippen molar-refractivity contribution in [3.05, 3.63) is 54.6 Å². The molecule has 0 aromatic heterocycles. The van der Waals surface area contributed by atoms with E-state index in [1.807, 2.05) is 68.4 Å². The van der Waals surface area contributed by atoms with Crippen LogP contribution in [0.3, 0.4) is 0 Å². The second kappa shape index (κ2) is 11.4. The highest BCUT2D eigenvalue weighted by Gasteiger charge is 2.74. The Morgan fingerprint density at radius 2 is 1.65 bits per heavy atom. The Balaban J connectivity index is 1.46. The molecule has 40 heavy (non-hydrogen) atoms. The van der Waals surface area contributed by atoms with E-state index in [9.17, 15) is 19.5 Å². The fraction of sp³-hybridized carbons (Fsp3) is 0.516. The molecule has 3 aliphatic rings. The van der Waals surface area contributed by atoms with Crippen LogP contribution < -0.4 is 15.5 Å². The summed E-state index contributed by atoms with van der Waals surface area (Å²) >= 11 is 1.63. The largest absolute Gasteiger partial charge is 0.394 e. The molecule has 2 unspecified atom stereocenters. The molecule has 9 heteroatoms. The number of carbonyl (C=O) groups is 3. The van der Waals surface area contributed by atoms with Crippen molar-refractivity contribution in [3.8, 4) is 0 Å². The SMILES string of the molecule is CCN(CC)c1ccc(NC(=O)C2N([C@@H](CO)C(C)C)C(=O)[C@@H]3[C@H](C(=O)Nc4ccccc4)[C@@H]4CCC23S4)cc1. The first-order chi connectivity index (χ1) is 19.2. The lowest BCUT2D eigenvalue weighted by atomic mass is 9.70. The van der Waals surface area contributed by atoms with Crippen LogP contribution in [0.4, 0.5) is 17.1 Å². The van der Waals surface area contributed by atoms with Gasteiger partial charge in [0.2, 0.25) is 17.7 Å². The number of amides is 3. The van der Waals surface area contributed by atoms with Gasteiger partial charge >= 0.3 is 0 Å². The summed E-state index contributed by atoms with van der Waals surface area (Å²) in [6, 6.07) is 15.7. The summed E-state index contributed by atoms with van der Waals surface area (Å²) < 4.78 is -0.714. The summed E-state index contributed by atoms with van der Waals surface area (Å²) in [6.45, 7) is 9.64. The molecule has 214 valence electrons. The van der Waals surface area contributed by atoms with Gasteiger partial charge in [-0.1, -0.05) is 32.0 Å². The third kappa shape index (κ3) is 4.77. The monoisotopic (exact) mass is 564 g/mol. The van der Waals surface area contributed by atoms with Crippen molar-refractivity contribution in [2.45, 2.75) is 62.6 Å². The van der Waals surface area contributed by atoms with Crippen LogP contribution in [0.1, 0.15) is 40.5 Å². The number of benzene rings is 2. The van der Waals surface area contributed by atoms with Gasteiger partial charge in [0.1, 0.15) is 6.04 Å². The van der Waals surface area contributed by atoms with Crippen LogP contribution in [0, 0.1) is 17.8 Å². The number of aliphatic hydroxyl groups is 1. The van der Waals surface area contributed by atoms with Gasteiger partial charge in [0, 0.05) is 35.4 Å². The van der Waals surface area contributed by atoms with Gasteiger partial charge in [0.15, 0.2) is 0 Å². The van der Waals surface area contributed by atoms with Crippen LogP contribution in [0.25, 0.3) is 0 Å². The first kappa shape index (κ1) is 28.5. The summed E-state index contributed by atoms with van der Waals surface area (Å²) in [5.74, 6) is -1.86. The molecular formula is C31H40N4O4S. The first-order valence-corrected chi connectivity index (χ1v) is 15.3. The van der Waals surface area contributed by atoms with E-state index in [2.05, 4.69) is 29.4 Å². The topological polar surface area (TPSA) is 102 Å². The molecule has 2 aromatic carbocycles. The lowest BCUT2D eigenvalue weighted by Crippen LogP contribution is -2.56. The van der Waals surface area contributed by atoms with Crippen LogP contribution in [0.15, 0.2) is 54.6 Å². The molecule has 3 amide bonds. The minimum absolute atomic E-state index is 0.0323. The van der Waals surface area contributed by atoms with E-state index in [4.69, 9.17) is 0 Å². The average Bonchev–Trinajstić information content (AvgIpc) is 3.59. The molecule has 2 aromatic rings. The number of nitrogens with one attached hydrogen (secondary N) is 2. The number of carbonyl (C=O) groups excluding carboxylic acids is 3. The van der Waals surface area contributed by atoms with Crippen molar-refractivity contribution in [2.75, 3.05) is 35.2 Å². The predicted octanol–water partition coefficient (Wildman–Crippen LogP) is 4.22. The van der Waals surface area contributed by atoms with Crippen molar-refractivity contribution in [1.29, 1.82) is 0 Å². The van der Waals surface area contributed by atoms with Crippen molar-refractivity contribution < 1.29 is 19.5 Å². The molecule has 3 aliphatic heterocycles. The Labute approximate surface area is 240 Å². The molecule has 3 heterocycles. The van der Waals surface area contributed by atoms with E-state index >= 15 is 0 Å². The molecule has 8 nitrogen and oxygen atoms in total. The maximum absolute atomic E-state index is 14.2. The third-order valence-corrected chi connectivity index (χ3v) is 10.9. The fourth-order valence-electron chi connectivity index (χ4n) is 6.97. The number of rotatable bonds is 10. The number of thioether (sulfide) groups is 1. The van der Waals surface area contributed by atoms with Gasteiger partial charge in [-0.2, -0.15) is 0 Å². The molecular weight excluding hydrogens is 524 g/mol. The van der Waals surface area contributed by atoms with Crippen molar-refractivity contribution in [2.24, 2.45) is 17.8 Å². The lowest BCUT2D eigenvalue weighted by molar-refractivity contribution is -0.142. The number of hydrogen-bond acceptors (Lipinski definition) is 6. The van der Waals surface area contributed by atoms with E-state index in [0.717, 1.165) is 25.2 Å². The molecule has 0 saturated carbocycles. The van der Waals surface area contributed by atoms with Crippen LogP contribution in [0.5, 0.6) is 0 Å². The number of likely N-dealkylation sites (tertiary alicyclic amines) is 1. The van der Waals surface area contributed by atoms with Crippen LogP contribution in [-0.2, 0) is 14.4 Å². The van der Waals surface area contributed by atoms with Crippen LogP contribution in [0.2, 0.25) is 0 Å². The highest BCUT2D eigenvalue weighted by molar-refractivity contribution is 8.02. The molecule has 6 atom stereocenters. The number of nitrogens with zero attached hydrogens (tertiary/aromatic N) is 2. The number of fused-ring (bicyclic) bond motifs is 1. The Morgan fingerprint density at radius 3 is 2.25 bits per heavy atom. The van der Waals surface area contributed by atoms with Gasteiger partial charge in [-0.05, 0) is 69.0 Å². The molecule has 3 N–H and O–H groups in total. The normalized spacial score (nSPS) is 27.6. The van der Waals surface area contributed by atoms with Crippen molar-refractivity contribution in [1.82, 2.24) is 4.90 Å². The standard InChI is InChI=1S/C31H40N4O4S/c1-5-34(6-2)22-14-12-21(13-15-22)33-29(38)27-31-17-16-24(40-31)25(28(37)32-20-10-8-7-9-11-20)26(31)30(39)35(27)23(18-36)19(3)4/h7-15,19,23-27,36H,5-6,16-18H2,1-4H3,(H,32,37)(H,33,38)/t23-,24-,25+,26-,27?,31?/m0/s1. The number of hydrogen-bond donors (Lipinski definition) is 3. The van der Waals surface area contributed by atoms with E-state index < -0.39 is 28.7 Å². The van der Waals surface area contributed by atoms with Gasteiger partial charge in [-0.25, -0.2) is 0 Å². The van der Waals surface area contributed by atoms with Crippen LogP contribution in [-0.4, -0.2) is 69.5 Å². The molecule has 2 bridgehead atoms. The van der Waals surface area contributed by atoms with E-state index in [1.54, 1.807) is 16.7 Å². The van der Waals surface area contributed by atoms with E-state index in [-0.39, 0.29) is 35.5 Å². The van der Waals surface area contributed by atoms with Crippen LogP contribution >= 0.6 is 11.8 Å². The molecule has 5 rings (SSSR count). The van der Waals surface area contributed by atoms with Crippen molar-refractivity contribution >= 4 is 46.5 Å². The van der Waals surface area contributed by atoms with Crippen molar-refractivity contribution in [3.63, 3.8) is 0 Å². The summed E-state index contributed by atoms with van der Waals surface area (Å²) in [5, 5.41) is 16.4. The maximum Gasteiger partial charge on any atom is 0.248 e. The first-order valence-electron chi connectivity index (χ1n) is 14.4. The highest BCUT2D eigenvalue weighted by atomic mass is 32.2. The second-order valence-electron chi connectivity index (χ2n) is 11.4. The molecule has 3 fully saturated rings. The Kier molecular flexibility index (Phi) is 8.15. The van der Waals surface area contributed by atoms with E-state index in [1.165, 1.54) is 0 Å². The number of anilines is 3.